The first kappa shape index (κ1) is 18.0. The SMILES string of the molecule is C=C/C=c1/ccnc(C(C)C)c1=C.CC.CC. The monoisotopic (exact) mass is 233 g/mol. The van der Waals surface area contributed by atoms with Crippen molar-refractivity contribution in [2.24, 2.45) is 0 Å². The van der Waals surface area contributed by atoms with Gasteiger partial charge in [0, 0.05) is 6.20 Å². The number of allylic oxidation sites excluding steroid dienone is 1. The largest absolute Gasteiger partial charge is 0.260 e. The van der Waals surface area contributed by atoms with Crippen molar-refractivity contribution in [1.29, 1.82) is 0 Å². The third-order valence-corrected chi connectivity index (χ3v) is 1.97. The third kappa shape index (κ3) is 6.06. The Bertz CT molecular complexity index is 402. The Balaban J connectivity index is 0. The standard InChI is InChI=1S/C12H15N.2C2H6/c1-5-6-11-7-8-13-12(9(2)3)10(11)4;2*1-2/h5-9H,1,4H2,2-3H3;2*1-2H3/b11-6-;;. The second-order valence-corrected chi connectivity index (χ2v) is 3.32. The maximum absolute atomic E-state index is 4.30. The number of hydrogen-bond acceptors (Lipinski definition) is 1. The highest BCUT2D eigenvalue weighted by Crippen LogP contribution is 2.02. The number of hydrogen-bond donors (Lipinski definition) is 0. The Kier molecular flexibility index (Phi) is 11.8. The molecule has 0 aliphatic rings. The lowest BCUT2D eigenvalue weighted by atomic mass is 10.1. The first-order valence-corrected chi connectivity index (χ1v) is 6.43. The van der Waals surface area contributed by atoms with Gasteiger partial charge in [0.05, 0.1) is 5.69 Å². The minimum atomic E-state index is 0.422. The van der Waals surface area contributed by atoms with Gasteiger partial charge in [0.15, 0.2) is 0 Å². The molecule has 0 aliphatic carbocycles. The number of pyridine rings is 1. The molecule has 0 aromatic carbocycles. The van der Waals surface area contributed by atoms with E-state index in [0.29, 0.717) is 5.92 Å². The second kappa shape index (κ2) is 11.1. The fraction of sp³-hybridized carbons (Fsp3) is 0.438. The van der Waals surface area contributed by atoms with Crippen LogP contribution in [0.15, 0.2) is 24.9 Å². The molecule has 0 spiro atoms. The molecule has 0 radical (unpaired) electrons. The van der Waals surface area contributed by atoms with Gasteiger partial charge in [0.2, 0.25) is 0 Å². The van der Waals surface area contributed by atoms with Gasteiger partial charge in [-0.2, -0.15) is 0 Å². The van der Waals surface area contributed by atoms with Crippen molar-refractivity contribution < 1.29 is 0 Å². The van der Waals surface area contributed by atoms with Crippen LogP contribution in [0.1, 0.15) is 53.2 Å². The van der Waals surface area contributed by atoms with E-state index in [0.717, 1.165) is 16.1 Å². The van der Waals surface area contributed by atoms with Gasteiger partial charge >= 0.3 is 0 Å². The van der Waals surface area contributed by atoms with Crippen LogP contribution in [-0.4, -0.2) is 4.98 Å². The van der Waals surface area contributed by atoms with E-state index < -0.39 is 0 Å². The van der Waals surface area contributed by atoms with Gasteiger partial charge in [-0.3, -0.25) is 4.98 Å². The van der Waals surface area contributed by atoms with Crippen molar-refractivity contribution in [3.63, 3.8) is 0 Å². The fourth-order valence-corrected chi connectivity index (χ4v) is 1.30. The minimum absolute atomic E-state index is 0.422. The van der Waals surface area contributed by atoms with Gasteiger partial charge in [-0.25, -0.2) is 0 Å². The van der Waals surface area contributed by atoms with E-state index in [9.17, 15) is 0 Å². The topological polar surface area (TPSA) is 12.9 Å². The van der Waals surface area contributed by atoms with E-state index in [4.69, 9.17) is 0 Å². The molecule has 1 nitrogen and oxygen atoms in total. The van der Waals surface area contributed by atoms with Crippen LogP contribution in [0.4, 0.5) is 0 Å². The zero-order valence-electron chi connectivity index (χ0n) is 12.2. The summed E-state index contributed by atoms with van der Waals surface area (Å²) in [6, 6.07) is 1.95. The van der Waals surface area contributed by atoms with Crippen molar-refractivity contribution in [3.8, 4) is 0 Å². The molecule has 0 aliphatic heterocycles. The molecule has 96 valence electrons. The predicted molar refractivity (Wildman–Crippen MR) is 80.5 cm³/mol. The van der Waals surface area contributed by atoms with Crippen molar-refractivity contribution in [2.45, 2.75) is 47.5 Å². The van der Waals surface area contributed by atoms with E-state index in [1.165, 1.54) is 0 Å². The Labute approximate surface area is 107 Å². The van der Waals surface area contributed by atoms with E-state index in [1.807, 2.05) is 46.0 Å². The van der Waals surface area contributed by atoms with Crippen LogP contribution < -0.4 is 10.4 Å². The molecule has 0 amide bonds. The summed E-state index contributed by atoms with van der Waals surface area (Å²) in [4.78, 5) is 4.30. The molecule has 0 fully saturated rings. The summed E-state index contributed by atoms with van der Waals surface area (Å²) in [5, 5.41) is 2.12. The predicted octanol–water partition coefficient (Wildman–Crippen LogP) is 3.63. The van der Waals surface area contributed by atoms with Gasteiger partial charge in [-0.1, -0.05) is 66.9 Å². The molecule has 17 heavy (non-hydrogen) atoms. The average molecular weight is 233 g/mol. The first-order valence-electron chi connectivity index (χ1n) is 6.43. The summed E-state index contributed by atoms with van der Waals surface area (Å²) in [6.45, 7) is 19.9. The zero-order chi connectivity index (χ0) is 13.8. The number of rotatable bonds is 2. The van der Waals surface area contributed by atoms with Crippen LogP contribution in [0.25, 0.3) is 12.7 Å². The highest BCUT2D eigenvalue weighted by molar-refractivity contribution is 5.36. The first-order chi connectivity index (χ1) is 8.16. The Morgan fingerprint density at radius 1 is 1.18 bits per heavy atom. The molecule has 1 heterocycles. The Morgan fingerprint density at radius 3 is 2.12 bits per heavy atom. The molecule has 0 saturated heterocycles. The van der Waals surface area contributed by atoms with E-state index in [1.54, 1.807) is 6.08 Å². The molecule has 0 bridgehead atoms. The highest BCUT2D eigenvalue weighted by atomic mass is 14.7. The number of aromatic nitrogens is 1. The van der Waals surface area contributed by atoms with E-state index in [-0.39, 0.29) is 0 Å². The van der Waals surface area contributed by atoms with Crippen LogP contribution in [0.2, 0.25) is 0 Å². The van der Waals surface area contributed by atoms with Crippen molar-refractivity contribution in [3.05, 3.63) is 41.0 Å². The maximum Gasteiger partial charge on any atom is 0.0501 e. The molecule has 0 atom stereocenters. The van der Waals surface area contributed by atoms with Gasteiger partial charge in [-0.15, -0.1) is 0 Å². The van der Waals surface area contributed by atoms with Crippen LogP contribution >= 0.6 is 0 Å². The molecule has 0 saturated carbocycles. The molecule has 0 N–H and O–H groups in total. The molecule has 1 aromatic rings. The number of nitrogens with zero attached hydrogens (tertiary/aromatic N) is 1. The summed E-state index contributed by atoms with van der Waals surface area (Å²) < 4.78 is 0. The van der Waals surface area contributed by atoms with Crippen molar-refractivity contribution in [1.82, 2.24) is 4.98 Å². The second-order valence-electron chi connectivity index (χ2n) is 3.32. The molecule has 0 unspecified atom stereocenters. The quantitative estimate of drug-likeness (QED) is 0.760. The lowest BCUT2D eigenvalue weighted by Crippen LogP contribution is -2.28. The van der Waals surface area contributed by atoms with E-state index >= 15 is 0 Å². The summed E-state index contributed by atoms with van der Waals surface area (Å²) in [6.07, 6.45) is 5.54. The fourth-order valence-electron chi connectivity index (χ4n) is 1.30. The van der Waals surface area contributed by atoms with Crippen molar-refractivity contribution in [2.75, 3.05) is 0 Å². The summed E-state index contributed by atoms with van der Waals surface area (Å²) in [5.41, 5.74) is 1.07. The summed E-state index contributed by atoms with van der Waals surface area (Å²) >= 11 is 0. The van der Waals surface area contributed by atoms with Crippen LogP contribution in [-0.2, 0) is 0 Å². The molecular weight excluding hydrogens is 206 g/mol. The maximum atomic E-state index is 4.30. The zero-order valence-corrected chi connectivity index (χ0v) is 12.2. The Morgan fingerprint density at radius 2 is 1.71 bits per heavy atom. The molecule has 1 aromatic heterocycles. The summed E-state index contributed by atoms with van der Waals surface area (Å²) in [7, 11) is 0. The van der Waals surface area contributed by atoms with E-state index in [2.05, 4.69) is 32.0 Å². The van der Waals surface area contributed by atoms with Gasteiger partial charge in [0.1, 0.15) is 0 Å². The highest BCUT2D eigenvalue weighted by Gasteiger charge is 2.00. The Hall–Kier alpha value is -1.37. The normalized spacial score (nSPS) is 9.94. The lowest BCUT2D eigenvalue weighted by molar-refractivity contribution is 0.812. The third-order valence-electron chi connectivity index (χ3n) is 1.97. The van der Waals surface area contributed by atoms with Gasteiger partial charge in [0.25, 0.3) is 0 Å². The van der Waals surface area contributed by atoms with Crippen LogP contribution in [0.3, 0.4) is 0 Å². The van der Waals surface area contributed by atoms with Gasteiger partial charge < -0.3 is 0 Å². The van der Waals surface area contributed by atoms with Crippen LogP contribution in [0.5, 0.6) is 0 Å². The molecule has 1 rings (SSSR count). The smallest absolute Gasteiger partial charge is 0.0501 e. The summed E-state index contributed by atoms with van der Waals surface area (Å²) in [5.74, 6) is 0.422. The van der Waals surface area contributed by atoms with Crippen molar-refractivity contribution >= 4 is 12.7 Å². The lowest BCUT2D eigenvalue weighted by Gasteiger charge is -2.03. The molecule has 1 heteroatoms. The van der Waals surface area contributed by atoms with Crippen LogP contribution in [0, 0.1) is 0 Å². The van der Waals surface area contributed by atoms with Gasteiger partial charge in [-0.05, 0) is 22.4 Å². The molecular formula is C16H27N. The average Bonchev–Trinajstić information content (AvgIpc) is 2.37. The minimum Gasteiger partial charge on any atom is -0.260 e.